The van der Waals surface area contributed by atoms with Crippen molar-refractivity contribution in [2.75, 3.05) is 26.7 Å². The molecule has 0 unspecified atom stereocenters. The number of hydrogen-bond acceptors (Lipinski definition) is 6. The van der Waals surface area contributed by atoms with Crippen molar-refractivity contribution in [1.29, 1.82) is 0 Å². The van der Waals surface area contributed by atoms with Crippen LogP contribution in [0.2, 0.25) is 0 Å². The number of ether oxygens (including phenoxy) is 1. The Labute approximate surface area is 146 Å². The van der Waals surface area contributed by atoms with Crippen LogP contribution in [0.3, 0.4) is 0 Å². The van der Waals surface area contributed by atoms with Crippen LogP contribution in [0.1, 0.15) is 22.8 Å². The van der Waals surface area contributed by atoms with Gasteiger partial charge in [0.15, 0.2) is 0 Å². The van der Waals surface area contributed by atoms with Gasteiger partial charge in [0.1, 0.15) is 5.76 Å². The molecule has 25 heavy (non-hydrogen) atoms. The Morgan fingerprint density at radius 3 is 2.88 bits per heavy atom. The topological polar surface area (TPSA) is 71.7 Å². The van der Waals surface area contributed by atoms with E-state index >= 15 is 0 Å². The summed E-state index contributed by atoms with van der Waals surface area (Å²) in [6.07, 6.45) is 5.92. The van der Waals surface area contributed by atoms with Gasteiger partial charge >= 0.3 is 0 Å². The summed E-state index contributed by atoms with van der Waals surface area (Å²) in [6.45, 7) is 3.12. The predicted octanol–water partition coefficient (Wildman–Crippen LogP) is 1.43. The zero-order valence-electron chi connectivity index (χ0n) is 14.2. The number of nitrogens with zero attached hydrogens (tertiary/aromatic N) is 4. The lowest BCUT2D eigenvalue weighted by atomic mass is 9.89. The van der Waals surface area contributed by atoms with Crippen LogP contribution >= 0.6 is 0 Å². The molecular weight excluding hydrogens is 320 g/mol. The largest absolute Gasteiger partial charge is 0.468 e. The molecule has 2 aromatic rings. The van der Waals surface area contributed by atoms with Gasteiger partial charge in [-0.2, -0.15) is 0 Å². The number of piperidine rings is 1. The van der Waals surface area contributed by atoms with Gasteiger partial charge in [0, 0.05) is 45.1 Å². The molecular formula is C18H22N4O3. The van der Waals surface area contributed by atoms with E-state index < -0.39 is 0 Å². The number of carbonyl (C=O) groups is 1. The molecule has 7 heteroatoms. The summed E-state index contributed by atoms with van der Waals surface area (Å²) in [4.78, 5) is 25.4. The Bertz CT molecular complexity index is 706. The van der Waals surface area contributed by atoms with Crippen molar-refractivity contribution in [3.63, 3.8) is 0 Å². The highest BCUT2D eigenvalue weighted by Gasteiger charge is 2.46. The molecule has 3 atom stereocenters. The molecule has 0 saturated carbocycles. The highest BCUT2D eigenvalue weighted by atomic mass is 16.5. The van der Waals surface area contributed by atoms with Crippen LogP contribution in [0.5, 0.6) is 0 Å². The Kier molecular flexibility index (Phi) is 4.50. The van der Waals surface area contributed by atoms with Crippen molar-refractivity contribution in [3.8, 4) is 0 Å². The zero-order valence-corrected chi connectivity index (χ0v) is 14.2. The van der Waals surface area contributed by atoms with Gasteiger partial charge in [-0.1, -0.05) is 0 Å². The molecule has 1 amide bonds. The van der Waals surface area contributed by atoms with Crippen molar-refractivity contribution >= 4 is 5.91 Å². The molecule has 4 rings (SSSR count). The van der Waals surface area contributed by atoms with Crippen LogP contribution in [0, 0.1) is 5.92 Å². The molecule has 2 fully saturated rings. The maximum atomic E-state index is 12.9. The third-order valence-corrected chi connectivity index (χ3v) is 5.22. The third-order valence-electron chi connectivity index (χ3n) is 5.22. The maximum absolute atomic E-state index is 12.9. The van der Waals surface area contributed by atoms with Gasteiger partial charge in [-0.25, -0.2) is 9.97 Å². The first-order chi connectivity index (χ1) is 12.3. The van der Waals surface area contributed by atoms with Crippen LogP contribution in [0.25, 0.3) is 0 Å². The molecule has 0 radical (unpaired) electrons. The molecule has 4 heterocycles. The number of fused-ring (bicyclic) bond motifs is 1. The summed E-state index contributed by atoms with van der Waals surface area (Å²) in [5, 5.41) is 0. The number of carbonyl (C=O) groups excluding carboxylic acids is 1. The number of methoxy groups -OCH3 is 1. The van der Waals surface area contributed by atoms with Gasteiger partial charge in [-0.3, -0.25) is 9.69 Å². The highest BCUT2D eigenvalue weighted by Crippen LogP contribution is 2.33. The molecule has 7 nitrogen and oxygen atoms in total. The van der Waals surface area contributed by atoms with E-state index in [4.69, 9.17) is 9.15 Å². The fourth-order valence-corrected chi connectivity index (χ4v) is 4.07. The zero-order chi connectivity index (χ0) is 17.2. The molecule has 0 spiro atoms. The average Bonchev–Trinajstić information content (AvgIpc) is 3.31. The minimum Gasteiger partial charge on any atom is -0.468 e. The molecule has 2 aromatic heterocycles. The smallest absolute Gasteiger partial charge is 0.291 e. The van der Waals surface area contributed by atoms with Crippen molar-refractivity contribution in [1.82, 2.24) is 19.8 Å². The van der Waals surface area contributed by atoms with Crippen LogP contribution in [-0.4, -0.2) is 64.6 Å². The van der Waals surface area contributed by atoms with Crippen LogP contribution in [-0.2, 0) is 11.3 Å². The first-order valence-electron chi connectivity index (χ1n) is 8.62. The highest BCUT2D eigenvalue weighted by molar-refractivity contribution is 5.90. The minimum absolute atomic E-state index is 0.0926. The van der Waals surface area contributed by atoms with E-state index in [1.54, 1.807) is 31.8 Å². The normalized spacial score (nSPS) is 26.6. The Morgan fingerprint density at radius 2 is 2.16 bits per heavy atom. The number of amides is 1. The van der Waals surface area contributed by atoms with E-state index in [-0.39, 0.29) is 23.9 Å². The van der Waals surface area contributed by atoms with Crippen LogP contribution < -0.4 is 0 Å². The Hall–Kier alpha value is -2.25. The second-order valence-electron chi connectivity index (χ2n) is 6.64. The van der Waals surface area contributed by atoms with Crippen molar-refractivity contribution in [2.45, 2.75) is 25.1 Å². The molecule has 0 N–H and O–H groups in total. The molecule has 2 aliphatic heterocycles. The van der Waals surface area contributed by atoms with Crippen molar-refractivity contribution < 1.29 is 13.9 Å². The number of likely N-dealkylation sites (tertiary alicyclic amines) is 2. The monoisotopic (exact) mass is 342 g/mol. The van der Waals surface area contributed by atoms with E-state index in [1.807, 2.05) is 17.0 Å². The first kappa shape index (κ1) is 16.2. The standard InChI is InChI=1S/C18H22N4O3/c1-24-16-5-8-22(18(23)17-19-6-3-7-20-17)15-12-21(11-14(15)16)10-13-4-2-9-25-13/h2-4,6-7,9,14-16H,5,8,10-12H2,1H3/t14-,15+,16-/m1/s1. The number of furan rings is 1. The molecule has 0 aromatic carbocycles. The summed E-state index contributed by atoms with van der Waals surface area (Å²) in [5.74, 6) is 1.41. The van der Waals surface area contributed by atoms with E-state index in [0.717, 1.165) is 31.8 Å². The number of rotatable bonds is 4. The van der Waals surface area contributed by atoms with Gasteiger partial charge in [-0.15, -0.1) is 0 Å². The van der Waals surface area contributed by atoms with Gasteiger partial charge in [0.25, 0.3) is 5.91 Å². The molecule has 2 saturated heterocycles. The Balaban J connectivity index is 1.53. The molecule has 132 valence electrons. The SMILES string of the molecule is CO[C@@H]1CCN(C(=O)c2ncccn2)[C@H]2CN(Cc3ccco3)C[C@@H]12. The van der Waals surface area contributed by atoms with E-state index in [2.05, 4.69) is 14.9 Å². The van der Waals surface area contributed by atoms with E-state index in [0.29, 0.717) is 12.5 Å². The fourth-order valence-electron chi connectivity index (χ4n) is 4.07. The molecule has 2 aliphatic rings. The lowest BCUT2D eigenvalue weighted by Gasteiger charge is -2.40. The second-order valence-corrected chi connectivity index (χ2v) is 6.64. The predicted molar refractivity (Wildman–Crippen MR) is 89.7 cm³/mol. The van der Waals surface area contributed by atoms with Crippen molar-refractivity contribution in [2.24, 2.45) is 5.92 Å². The molecule has 0 bridgehead atoms. The maximum Gasteiger partial charge on any atom is 0.291 e. The second kappa shape index (κ2) is 6.93. The minimum atomic E-state index is -0.0926. The van der Waals surface area contributed by atoms with Crippen LogP contribution in [0.4, 0.5) is 0 Å². The first-order valence-corrected chi connectivity index (χ1v) is 8.62. The van der Waals surface area contributed by atoms with Gasteiger partial charge < -0.3 is 14.1 Å². The summed E-state index contributed by atoms with van der Waals surface area (Å²) >= 11 is 0. The van der Waals surface area contributed by atoms with E-state index in [9.17, 15) is 4.79 Å². The lowest BCUT2D eigenvalue weighted by molar-refractivity contribution is -0.0161. The van der Waals surface area contributed by atoms with Gasteiger partial charge in [-0.05, 0) is 24.6 Å². The van der Waals surface area contributed by atoms with Gasteiger partial charge in [0.05, 0.1) is 25.0 Å². The molecule has 0 aliphatic carbocycles. The van der Waals surface area contributed by atoms with E-state index in [1.165, 1.54) is 0 Å². The Morgan fingerprint density at radius 1 is 1.32 bits per heavy atom. The summed E-state index contributed by atoms with van der Waals surface area (Å²) < 4.78 is 11.2. The summed E-state index contributed by atoms with van der Waals surface area (Å²) in [5.41, 5.74) is 0. The van der Waals surface area contributed by atoms with Crippen molar-refractivity contribution in [3.05, 3.63) is 48.4 Å². The quantitative estimate of drug-likeness (QED) is 0.837. The third kappa shape index (κ3) is 3.17. The lowest BCUT2D eigenvalue weighted by Crippen LogP contribution is -2.53. The van der Waals surface area contributed by atoms with Gasteiger partial charge in [0.2, 0.25) is 5.82 Å². The number of aromatic nitrogens is 2. The summed E-state index contributed by atoms with van der Waals surface area (Å²) in [7, 11) is 1.76. The van der Waals surface area contributed by atoms with Crippen LogP contribution in [0.15, 0.2) is 41.3 Å². The fraction of sp³-hybridized carbons (Fsp3) is 0.500. The summed E-state index contributed by atoms with van der Waals surface area (Å²) in [6, 6.07) is 5.72. The average molecular weight is 342 g/mol. The number of hydrogen-bond donors (Lipinski definition) is 0.